The van der Waals surface area contributed by atoms with Gasteiger partial charge < -0.3 is 10.1 Å². The van der Waals surface area contributed by atoms with Crippen LogP contribution in [0.3, 0.4) is 0 Å². The van der Waals surface area contributed by atoms with Crippen LogP contribution in [0.15, 0.2) is 30.3 Å². The summed E-state index contributed by atoms with van der Waals surface area (Å²) in [6.45, 7) is 1.99. The van der Waals surface area contributed by atoms with Crippen LogP contribution in [0.5, 0.6) is 5.75 Å². The van der Waals surface area contributed by atoms with E-state index in [1.54, 1.807) is 7.11 Å². The van der Waals surface area contributed by atoms with Gasteiger partial charge in [-0.05, 0) is 48.2 Å². The molecule has 1 atom stereocenters. The zero-order chi connectivity index (χ0) is 14.3. The van der Waals surface area contributed by atoms with Gasteiger partial charge in [0.2, 0.25) is 0 Å². The Balaban J connectivity index is 1.94. The lowest BCUT2D eigenvalue weighted by Crippen LogP contribution is -2.08. The van der Waals surface area contributed by atoms with E-state index in [-0.39, 0.29) is 6.04 Å². The molecule has 0 saturated heterocycles. The Hall–Kier alpha value is -2.10. The normalized spacial score (nSPS) is 16.7. The number of benzene rings is 2. The summed E-state index contributed by atoms with van der Waals surface area (Å²) in [6, 6.07) is 8.05. The molecule has 20 heavy (non-hydrogen) atoms. The molecule has 0 bridgehead atoms. The summed E-state index contributed by atoms with van der Waals surface area (Å²) in [6.07, 6.45) is 0.581. The molecule has 0 radical (unpaired) electrons. The molecule has 0 aliphatic carbocycles. The van der Waals surface area contributed by atoms with Crippen molar-refractivity contribution in [3.05, 3.63) is 58.7 Å². The molecule has 0 fully saturated rings. The van der Waals surface area contributed by atoms with Crippen LogP contribution >= 0.6 is 0 Å². The summed E-state index contributed by atoms with van der Waals surface area (Å²) >= 11 is 0. The summed E-state index contributed by atoms with van der Waals surface area (Å²) in [5.41, 5.74) is 3.23. The van der Waals surface area contributed by atoms with Crippen LogP contribution in [0.4, 0.5) is 14.5 Å². The molecule has 0 amide bonds. The van der Waals surface area contributed by atoms with Crippen molar-refractivity contribution in [2.75, 3.05) is 12.4 Å². The molecule has 1 aliphatic rings. The van der Waals surface area contributed by atoms with Gasteiger partial charge in [-0.1, -0.05) is 6.07 Å². The molecular formula is C16H15F2NO. The predicted molar refractivity (Wildman–Crippen MR) is 74.2 cm³/mol. The molecule has 3 rings (SSSR count). The first-order valence-electron chi connectivity index (χ1n) is 6.47. The van der Waals surface area contributed by atoms with E-state index in [4.69, 9.17) is 4.74 Å². The molecule has 1 unspecified atom stereocenters. The van der Waals surface area contributed by atoms with Crippen LogP contribution in [0.25, 0.3) is 0 Å². The quantitative estimate of drug-likeness (QED) is 0.894. The summed E-state index contributed by atoms with van der Waals surface area (Å²) in [4.78, 5) is 0. The Bertz CT molecular complexity index is 670. The Morgan fingerprint density at radius 3 is 2.70 bits per heavy atom. The highest BCUT2D eigenvalue weighted by Gasteiger charge is 2.26. The third-order valence-corrected chi connectivity index (χ3v) is 3.73. The third kappa shape index (κ3) is 2.11. The van der Waals surface area contributed by atoms with E-state index in [0.29, 0.717) is 17.7 Å². The first-order valence-corrected chi connectivity index (χ1v) is 6.47. The van der Waals surface area contributed by atoms with Gasteiger partial charge in [0.15, 0.2) is 0 Å². The van der Waals surface area contributed by atoms with Crippen molar-refractivity contribution < 1.29 is 13.5 Å². The average molecular weight is 275 g/mol. The highest BCUT2D eigenvalue weighted by Crippen LogP contribution is 2.38. The lowest BCUT2D eigenvalue weighted by atomic mass is 9.98. The maximum Gasteiger partial charge on any atom is 0.149 e. The summed E-state index contributed by atoms with van der Waals surface area (Å²) in [7, 11) is 1.62. The van der Waals surface area contributed by atoms with E-state index in [1.807, 2.05) is 25.1 Å². The Kier molecular flexibility index (Phi) is 3.08. The fraction of sp³-hybridized carbons (Fsp3) is 0.250. The second-order valence-electron chi connectivity index (χ2n) is 5.05. The standard InChI is InChI=1S/C16H15F2NO/c1-9-5-12(20-2)3-4-13(9)15-7-10-6-11(17)8-14(18)16(10)19-15/h3-6,8,15,19H,7H2,1-2H3. The zero-order valence-corrected chi connectivity index (χ0v) is 11.3. The lowest BCUT2D eigenvalue weighted by Gasteiger charge is -2.15. The Morgan fingerprint density at radius 2 is 2.00 bits per heavy atom. The molecule has 0 aromatic heterocycles. The van der Waals surface area contributed by atoms with Gasteiger partial charge in [0.05, 0.1) is 18.8 Å². The number of hydrogen-bond donors (Lipinski definition) is 1. The number of hydrogen-bond acceptors (Lipinski definition) is 2. The first-order chi connectivity index (χ1) is 9.58. The number of ether oxygens (including phenoxy) is 1. The summed E-state index contributed by atoms with van der Waals surface area (Å²) < 4.78 is 32.2. The number of nitrogens with one attached hydrogen (secondary N) is 1. The second kappa shape index (κ2) is 4.78. The van der Waals surface area contributed by atoms with Gasteiger partial charge in [0, 0.05) is 6.07 Å². The van der Waals surface area contributed by atoms with Crippen molar-refractivity contribution in [3.8, 4) is 5.75 Å². The molecule has 4 heteroatoms. The van der Waals surface area contributed by atoms with E-state index in [0.717, 1.165) is 22.9 Å². The van der Waals surface area contributed by atoms with Crippen molar-refractivity contribution >= 4 is 5.69 Å². The number of methoxy groups -OCH3 is 1. The van der Waals surface area contributed by atoms with Crippen molar-refractivity contribution in [1.29, 1.82) is 0 Å². The van der Waals surface area contributed by atoms with Gasteiger partial charge in [0.1, 0.15) is 17.4 Å². The molecule has 1 heterocycles. The van der Waals surface area contributed by atoms with E-state index >= 15 is 0 Å². The first kappa shape index (κ1) is 12.9. The van der Waals surface area contributed by atoms with Gasteiger partial charge in [-0.25, -0.2) is 8.78 Å². The van der Waals surface area contributed by atoms with E-state index in [2.05, 4.69) is 5.32 Å². The predicted octanol–water partition coefficient (Wildman–Crippen LogP) is 3.99. The van der Waals surface area contributed by atoms with Crippen LogP contribution in [-0.4, -0.2) is 7.11 Å². The molecule has 104 valence electrons. The minimum Gasteiger partial charge on any atom is -0.497 e. The average Bonchev–Trinajstić information content (AvgIpc) is 2.82. The number of rotatable bonds is 2. The van der Waals surface area contributed by atoms with Crippen molar-refractivity contribution in [2.45, 2.75) is 19.4 Å². The van der Waals surface area contributed by atoms with E-state index < -0.39 is 11.6 Å². The molecule has 2 aromatic carbocycles. The minimum atomic E-state index is -0.534. The second-order valence-corrected chi connectivity index (χ2v) is 5.05. The molecule has 2 nitrogen and oxygen atoms in total. The number of fused-ring (bicyclic) bond motifs is 1. The summed E-state index contributed by atoms with van der Waals surface area (Å²) in [5.74, 6) is -0.275. The SMILES string of the molecule is COc1ccc(C2Cc3cc(F)cc(F)c3N2)c(C)c1. The number of anilines is 1. The molecule has 0 spiro atoms. The summed E-state index contributed by atoms with van der Waals surface area (Å²) in [5, 5.41) is 3.14. The maximum atomic E-state index is 13.7. The topological polar surface area (TPSA) is 21.3 Å². The van der Waals surface area contributed by atoms with Crippen molar-refractivity contribution in [3.63, 3.8) is 0 Å². The maximum absolute atomic E-state index is 13.7. The smallest absolute Gasteiger partial charge is 0.149 e. The van der Waals surface area contributed by atoms with Crippen molar-refractivity contribution in [1.82, 2.24) is 0 Å². The molecular weight excluding hydrogens is 260 g/mol. The van der Waals surface area contributed by atoms with Gasteiger partial charge in [-0.2, -0.15) is 0 Å². The molecule has 1 aliphatic heterocycles. The Morgan fingerprint density at radius 1 is 1.20 bits per heavy atom. The van der Waals surface area contributed by atoms with Gasteiger partial charge >= 0.3 is 0 Å². The third-order valence-electron chi connectivity index (χ3n) is 3.73. The fourth-order valence-electron chi connectivity index (χ4n) is 2.75. The highest BCUT2D eigenvalue weighted by atomic mass is 19.1. The highest BCUT2D eigenvalue weighted by molar-refractivity contribution is 5.60. The fourth-order valence-corrected chi connectivity index (χ4v) is 2.75. The van der Waals surface area contributed by atoms with Crippen LogP contribution in [-0.2, 0) is 6.42 Å². The molecule has 1 N–H and O–H groups in total. The lowest BCUT2D eigenvalue weighted by molar-refractivity contribution is 0.414. The van der Waals surface area contributed by atoms with Crippen molar-refractivity contribution in [2.24, 2.45) is 0 Å². The minimum absolute atomic E-state index is 0.0350. The van der Waals surface area contributed by atoms with Crippen LogP contribution in [0, 0.1) is 18.6 Å². The van der Waals surface area contributed by atoms with Gasteiger partial charge in [-0.3, -0.25) is 0 Å². The van der Waals surface area contributed by atoms with E-state index in [1.165, 1.54) is 6.07 Å². The van der Waals surface area contributed by atoms with Crippen LogP contribution < -0.4 is 10.1 Å². The van der Waals surface area contributed by atoms with Gasteiger partial charge in [0.25, 0.3) is 0 Å². The molecule has 0 saturated carbocycles. The molecule has 2 aromatic rings. The van der Waals surface area contributed by atoms with Gasteiger partial charge in [-0.15, -0.1) is 0 Å². The van der Waals surface area contributed by atoms with Crippen LogP contribution in [0.1, 0.15) is 22.7 Å². The zero-order valence-electron chi connectivity index (χ0n) is 11.3. The van der Waals surface area contributed by atoms with E-state index in [9.17, 15) is 8.78 Å². The monoisotopic (exact) mass is 275 g/mol. The number of halogens is 2. The largest absolute Gasteiger partial charge is 0.497 e. The number of aryl methyl sites for hydroxylation is 1. The van der Waals surface area contributed by atoms with Crippen LogP contribution in [0.2, 0.25) is 0 Å². The Labute approximate surface area is 116 Å².